The van der Waals surface area contributed by atoms with E-state index in [9.17, 15) is 0 Å². The summed E-state index contributed by atoms with van der Waals surface area (Å²) in [6.45, 7) is 5.51. The molecule has 0 saturated carbocycles. The lowest BCUT2D eigenvalue weighted by atomic mass is 10.0. The molecule has 0 unspecified atom stereocenters. The van der Waals surface area contributed by atoms with Crippen molar-refractivity contribution in [3.8, 4) is 0 Å². The largest absolute Gasteiger partial charge is 0.348 e. The standard InChI is InChI=1S/C9H19NO2/c1-3-4-8(10)7-9(2)11-5-6-12-9/h8H,3-7,10H2,1-2H3/t8-/m1/s1. The second kappa shape index (κ2) is 4.21. The zero-order chi connectivity index (χ0) is 9.03. The topological polar surface area (TPSA) is 44.5 Å². The van der Waals surface area contributed by atoms with Gasteiger partial charge in [-0.3, -0.25) is 0 Å². The summed E-state index contributed by atoms with van der Waals surface area (Å²) in [4.78, 5) is 0. The van der Waals surface area contributed by atoms with Crippen LogP contribution in [0.1, 0.15) is 33.1 Å². The Morgan fingerprint density at radius 3 is 2.50 bits per heavy atom. The molecule has 1 fully saturated rings. The van der Waals surface area contributed by atoms with E-state index in [1.807, 2.05) is 6.92 Å². The first kappa shape index (κ1) is 9.96. The Hall–Kier alpha value is -0.120. The van der Waals surface area contributed by atoms with Gasteiger partial charge in [-0.1, -0.05) is 13.3 Å². The maximum atomic E-state index is 5.89. The summed E-state index contributed by atoms with van der Waals surface area (Å²) in [6, 6.07) is 0.207. The van der Waals surface area contributed by atoms with Gasteiger partial charge in [-0.25, -0.2) is 0 Å². The lowest BCUT2D eigenvalue weighted by Gasteiger charge is -2.25. The van der Waals surface area contributed by atoms with Crippen LogP contribution in [0.3, 0.4) is 0 Å². The molecular formula is C9H19NO2. The van der Waals surface area contributed by atoms with E-state index in [-0.39, 0.29) is 6.04 Å². The molecule has 1 aliphatic rings. The summed E-state index contributed by atoms with van der Waals surface area (Å²) in [5.41, 5.74) is 5.89. The van der Waals surface area contributed by atoms with Gasteiger partial charge < -0.3 is 15.2 Å². The van der Waals surface area contributed by atoms with E-state index in [1.165, 1.54) is 0 Å². The van der Waals surface area contributed by atoms with Crippen molar-refractivity contribution in [3.05, 3.63) is 0 Å². The van der Waals surface area contributed by atoms with Crippen LogP contribution in [0.15, 0.2) is 0 Å². The third-order valence-electron chi connectivity index (χ3n) is 2.19. The Labute approximate surface area is 74.2 Å². The molecule has 0 aliphatic carbocycles. The normalized spacial score (nSPS) is 24.2. The van der Waals surface area contributed by atoms with E-state index in [1.54, 1.807) is 0 Å². The van der Waals surface area contributed by atoms with Crippen LogP contribution in [-0.2, 0) is 9.47 Å². The van der Waals surface area contributed by atoms with Crippen molar-refractivity contribution in [2.24, 2.45) is 5.73 Å². The molecule has 2 N–H and O–H groups in total. The van der Waals surface area contributed by atoms with Crippen molar-refractivity contribution in [2.45, 2.75) is 44.9 Å². The van der Waals surface area contributed by atoms with Crippen molar-refractivity contribution in [2.75, 3.05) is 13.2 Å². The van der Waals surface area contributed by atoms with Crippen molar-refractivity contribution in [1.29, 1.82) is 0 Å². The SMILES string of the molecule is CCC[C@@H](N)CC1(C)OCCO1. The Bertz CT molecular complexity index is 132. The van der Waals surface area contributed by atoms with Crippen molar-refractivity contribution >= 4 is 0 Å². The number of hydrogen-bond donors (Lipinski definition) is 1. The molecule has 0 radical (unpaired) electrons. The van der Waals surface area contributed by atoms with Gasteiger partial charge in [-0.2, -0.15) is 0 Å². The van der Waals surface area contributed by atoms with Gasteiger partial charge in [-0.05, 0) is 13.3 Å². The number of ether oxygens (including phenoxy) is 2. The summed E-state index contributed by atoms with van der Waals surface area (Å²) in [7, 11) is 0. The van der Waals surface area contributed by atoms with Crippen LogP contribution in [0, 0.1) is 0 Å². The number of rotatable bonds is 4. The highest BCUT2D eigenvalue weighted by Crippen LogP contribution is 2.24. The first-order chi connectivity index (χ1) is 5.66. The fourth-order valence-electron chi connectivity index (χ4n) is 1.62. The van der Waals surface area contributed by atoms with Gasteiger partial charge in [0.25, 0.3) is 0 Å². The molecule has 1 heterocycles. The van der Waals surface area contributed by atoms with Crippen LogP contribution < -0.4 is 5.73 Å². The van der Waals surface area contributed by atoms with Crippen LogP contribution in [-0.4, -0.2) is 25.0 Å². The molecule has 3 nitrogen and oxygen atoms in total. The molecule has 72 valence electrons. The Balaban J connectivity index is 2.28. The van der Waals surface area contributed by atoms with Crippen LogP contribution in [0.25, 0.3) is 0 Å². The molecule has 0 aromatic heterocycles. The van der Waals surface area contributed by atoms with E-state index >= 15 is 0 Å². The molecule has 1 saturated heterocycles. The minimum Gasteiger partial charge on any atom is -0.348 e. The van der Waals surface area contributed by atoms with Gasteiger partial charge in [0.15, 0.2) is 5.79 Å². The van der Waals surface area contributed by atoms with Gasteiger partial charge in [0, 0.05) is 12.5 Å². The molecular weight excluding hydrogens is 154 g/mol. The highest BCUT2D eigenvalue weighted by atomic mass is 16.7. The predicted octanol–water partition coefficient (Wildman–Crippen LogP) is 1.27. The second-order valence-electron chi connectivity index (χ2n) is 3.58. The third-order valence-corrected chi connectivity index (χ3v) is 2.19. The molecule has 0 amide bonds. The van der Waals surface area contributed by atoms with E-state index < -0.39 is 5.79 Å². The molecule has 1 rings (SSSR count). The monoisotopic (exact) mass is 173 g/mol. The molecule has 12 heavy (non-hydrogen) atoms. The van der Waals surface area contributed by atoms with E-state index in [2.05, 4.69) is 6.92 Å². The quantitative estimate of drug-likeness (QED) is 0.696. The van der Waals surface area contributed by atoms with Crippen LogP contribution in [0.4, 0.5) is 0 Å². The van der Waals surface area contributed by atoms with Crippen molar-refractivity contribution < 1.29 is 9.47 Å². The summed E-state index contributed by atoms with van der Waals surface area (Å²) >= 11 is 0. The second-order valence-corrected chi connectivity index (χ2v) is 3.58. The average Bonchev–Trinajstić information content (AvgIpc) is 2.36. The van der Waals surface area contributed by atoms with Gasteiger partial charge in [-0.15, -0.1) is 0 Å². The molecule has 1 atom stereocenters. The maximum absolute atomic E-state index is 5.89. The van der Waals surface area contributed by atoms with Crippen LogP contribution >= 0.6 is 0 Å². The zero-order valence-corrected chi connectivity index (χ0v) is 8.01. The molecule has 1 aliphatic heterocycles. The molecule has 0 aromatic carbocycles. The molecule has 0 aromatic rings. The highest BCUT2D eigenvalue weighted by molar-refractivity contribution is 4.75. The van der Waals surface area contributed by atoms with E-state index in [0.717, 1.165) is 19.3 Å². The van der Waals surface area contributed by atoms with Crippen molar-refractivity contribution in [1.82, 2.24) is 0 Å². The summed E-state index contributed by atoms with van der Waals surface area (Å²) in [5.74, 6) is -0.408. The maximum Gasteiger partial charge on any atom is 0.167 e. The smallest absolute Gasteiger partial charge is 0.167 e. The lowest BCUT2D eigenvalue weighted by Crippen LogP contribution is -2.35. The highest BCUT2D eigenvalue weighted by Gasteiger charge is 2.32. The lowest BCUT2D eigenvalue weighted by molar-refractivity contribution is -0.149. The van der Waals surface area contributed by atoms with E-state index in [0.29, 0.717) is 13.2 Å². The van der Waals surface area contributed by atoms with Crippen LogP contribution in [0.5, 0.6) is 0 Å². The minimum absolute atomic E-state index is 0.207. The Morgan fingerprint density at radius 1 is 1.42 bits per heavy atom. The van der Waals surface area contributed by atoms with Gasteiger partial charge in [0.2, 0.25) is 0 Å². The van der Waals surface area contributed by atoms with Crippen LogP contribution in [0.2, 0.25) is 0 Å². The Kier molecular flexibility index (Phi) is 3.50. The summed E-state index contributed by atoms with van der Waals surface area (Å²) < 4.78 is 10.9. The van der Waals surface area contributed by atoms with E-state index in [4.69, 9.17) is 15.2 Å². The average molecular weight is 173 g/mol. The molecule has 0 bridgehead atoms. The number of nitrogens with two attached hydrogens (primary N) is 1. The summed E-state index contributed by atoms with van der Waals surface area (Å²) in [5, 5.41) is 0. The molecule has 0 spiro atoms. The number of hydrogen-bond acceptors (Lipinski definition) is 3. The fraction of sp³-hybridized carbons (Fsp3) is 1.00. The van der Waals surface area contributed by atoms with Gasteiger partial charge in [0.1, 0.15) is 0 Å². The first-order valence-electron chi connectivity index (χ1n) is 4.70. The predicted molar refractivity (Wildman–Crippen MR) is 47.8 cm³/mol. The first-order valence-corrected chi connectivity index (χ1v) is 4.70. The Morgan fingerprint density at radius 2 is 2.00 bits per heavy atom. The van der Waals surface area contributed by atoms with Gasteiger partial charge >= 0.3 is 0 Å². The van der Waals surface area contributed by atoms with Gasteiger partial charge in [0.05, 0.1) is 13.2 Å². The fourth-order valence-corrected chi connectivity index (χ4v) is 1.62. The summed E-state index contributed by atoms with van der Waals surface area (Å²) in [6.07, 6.45) is 2.97. The minimum atomic E-state index is -0.408. The molecule has 3 heteroatoms. The third kappa shape index (κ3) is 2.73. The van der Waals surface area contributed by atoms with Crippen molar-refractivity contribution in [3.63, 3.8) is 0 Å². The zero-order valence-electron chi connectivity index (χ0n) is 8.01.